The summed E-state index contributed by atoms with van der Waals surface area (Å²) in [6.45, 7) is 3.01. The molecule has 120 valence electrons. The molecule has 1 atom stereocenters. The number of amides is 2. The first-order valence-electron chi connectivity index (χ1n) is 6.78. The van der Waals surface area contributed by atoms with Gasteiger partial charge < -0.3 is 25.1 Å². The van der Waals surface area contributed by atoms with E-state index in [1.165, 1.54) is 4.90 Å². The van der Waals surface area contributed by atoms with Gasteiger partial charge in [-0.2, -0.15) is 0 Å². The minimum atomic E-state index is -0.664. The molecule has 0 spiro atoms. The molecule has 1 aliphatic heterocycles. The van der Waals surface area contributed by atoms with Crippen molar-refractivity contribution < 1.29 is 24.9 Å². The number of phenols is 3. The molecule has 0 aromatic heterocycles. The number of halogens is 1. The zero-order valence-electron chi connectivity index (χ0n) is 12.0. The van der Waals surface area contributed by atoms with Crippen molar-refractivity contribution in [1.29, 1.82) is 0 Å². The average molecular weight is 329 g/mol. The highest BCUT2D eigenvalue weighted by Crippen LogP contribution is 2.35. The van der Waals surface area contributed by atoms with Gasteiger partial charge in [0.1, 0.15) is 5.38 Å². The second-order valence-corrected chi connectivity index (χ2v) is 5.75. The first-order valence-corrected chi connectivity index (χ1v) is 7.22. The molecule has 8 heteroatoms. The quantitative estimate of drug-likeness (QED) is 0.548. The van der Waals surface area contributed by atoms with Crippen LogP contribution in [-0.4, -0.2) is 68.5 Å². The van der Waals surface area contributed by atoms with Crippen molar-refractivity contribution in [2.24, 2.45) is 0 Å². The largest absolute Gasteiger partial charge is 0.504 e. The summed E-state index contributed by atoms with van der Waals surface area (Å²) in [7, 11) is 0. The van der Waals surface area contributed by atoms with Gasteiger partial charge in [-0.15, -0.1) is 11.6 Å². The predicted octanol–water partition coefficient (Wildman–Crippen LogP) is 0.715. The Morgan fingerprint density at radius 3 is 1.95 bits per heavy atom. The number of rotatable bonds is 2. The third-order valence-electron chi connectivity index (χ3n) is 3.54. The van der Waals surface area contributed by atoms with Crippen molar-refractivity contribution in [2.45, 2.75) is 12.3 Å². The molecule has 3 N–H and O–H groups in total. The summed E-state index contributed by atoms with van der Waals surface area (Å²) in [5.74, 6) is -2.35. The second kappa shape index (κ2) is 6.31. The molecular formula is C14H17ClN2O5. The van der Waals surface area contributed by atoms with Crippen LogP contribution in [0, 0.1) is 0 Å². The standard InChI is InChI=1S/C14H17ClN2O5/c1-8(15)13(21)16-2-4-17(5-3-16)14(22)9-6-10(18)12(20)11(19)7-9/h6-8,18-20H,2-5H2,1H3. The molecule has 1 heterocycles. The van der Waals surface area contributed by atoms with Crippen LogP contribution in [0.25, 0.3) is 0 Å². The Labute approximate surface area is 132 Å². The molecule has 0 radical (unpaired) electrons. The van der Waals surface area contributed by atoms with Crippen LogP contribution in [0.1, 0.15) is 17.3 Å². The Kier molecular flexibility index (Phi) is 4.65. The monoisotopic (exact) mass is 328 g/mol. The van der Waals surface area contributed by atoms with Crippen LogP contribution in [0.15, 0.2) is 12.1 Å². The molecule has 0 aliphatic carbocycles. The minimum absolute atomic E-state index is 0.0679. The van der Waals surface area contributed by atoms with E-state index in [1.54, 1.807) is 11.8 Å². The van der Waals surface area contributed by atoms with Crippen LogP contribution in [0.4, 0.5) is 0 Å². The summed E-state index contributed by atoms with van der Waals surface area (Å²) in [5, 5.41) is 27.6. The van der Waals surface area contributed by atoms with Crippen LogP contribution in [0.5, 0.6) is 17.2 Å². The van der Waals surface area contributed by atoms with E-state index in [1.807, 2.05) is 0 Å². The van der Waals surface area contributed by atoms with Crippen LogP contribution in [0.3, 0.4) is 0 Å². The van der Waals surface area contributed by atoms with E-state index < -0.39 is 28.5 Å². The zero-order valence-corrected chi connectivity index (χ0v) is 12.7. The lowest BCUT2D eigenvalue weighted by atomic mass is 10.1. The molecule has 1 aromatic carbocycles. The van der Waals surface area contributed by atoms with Gasteiger partial charge in [0, 0.05) is 31.7 Å². The number of aromatic hydroxyl groups is 3. The zero-order chi connectivity index (χ0) is 16.4. The van der Waals surface area contributed by atoms with Crippen molar-refractivity contribution in [2.75, 3.05) is 26.2 Å². The normalized spacial score (nSPS) is 16.5. The summed E-state index contributed by atoms with van der Waals surface area (Å²) in [6, 6.07) is 2.19. The van der Waals surface area contributed by atoms with E-state index in [0.717, 1.165) is 12.1 Å². The van der Waals surface area contributed by atoms with Crippen LogP contribution in [-0.2, 0) is 4.79 Å². The Hall–Kier alpha value is -2.15. The summed E-state index contributed by atoms with van der Waals surface area (Å²) >= 11 is 5.76. The highest BCUT2D eigenvalue weighted by Gasteiger charge is 2.27. The second-order valence-electron chi connectivity index (χ2n) is 5.10. The summed E-state index contributed by atoms with van der Waals surface area (Å²) < 4.78 is 0. The molecule has 0 saturated carbocycles. The van der Waals surface area contributed by atoms with Crippen LogP contribution < -0.4 is 0 Å². The van der Waals surface area contributed by atoms with Crippen LogP contribution in [0.2, 0.25) is 0 Å². The predicted molar refractivity (Wildman–Crippen MR) is 79.2 cm³/mol. The number of benzene rings is 1. The maximum Gasteiger partial charge on any atom is 0.254 e. The lowest BCUT2D eigenvalue weighted by Crippen LogP contribution is -2.52. The van der Waals surface area contributed by atoms with Gasteiger partial charge in [-0.05, 0) is 19.1 Å². The molecule has 1 aliphatic rings. The average Bonchev–Trinajstić information content (AvgIpc) is 2.50. The van der Waals surface area contributed by atoms with Gasteiger partial charge >= 0.3 is 0 Å². The van der Waals surface area contributed by atoms with E-state index in [-0.39, 0.29) is 11.5 Å². The SMILES string of the molecule is CC(Cl)C(=O)N1CCN(C(=O)c2cc(O)c(O)c(O)c2)CC1. The fraction of sp³-hybridized carbons (Fsp3) is 0.429. The number of piperazine rings is 1. The van der Waals surface area contributed by atoms with Gasteiger partial charge in [-0.1, -0.05) is 0 Å². The van der Waals surface area contributed by atoms with Gasteiger partial charge in [0.15, 0.2) is 17.2 Å². The number of alkyl halides is 1. The fourth-order valence-electron chi connectivity index (χ4n) is 2.29. The number of carbonyl (C=O) groups is 2. The van der Waals surface area contributed by atoms with Gasteiger partial charge in [0.2, 0.25) is 5.91 Å². The third kappa shape index (κ3) is 3.19. The van der Waals surface area contributed by atoms with E-state index >= 15 is 0 Å². The highest BCUT2D eigenvalue weighted by atomic mass is 35.5. The maximum absolute atomic E-state index is 12.3. The van der Waals surface area contributed by atoms with Crippen LogP contribution >= 0.6 is 11.6 Å². The van der Waals surface area contributed by atoms with Crippen molar-refractivity contribution >= 4 is 23.4 Å². The highest BCUT2D eigenvalue weighted by molar-refractivity contribution is 6.30. The molecule has 1 aromatic rings. The molecule has 1 saturated heterocycles. The fourth-order valence-corrected chi connectivity index (χ4v) is 2.43. The summed E-state index contributed by atoms with van der Waals surface area (Å²) in [6.07, 6.45) is 0. The third-order valence-corrected chi connectivity index (χ3v) is 3.72. The maximum atomic E-state index is 12.3. The summed E-state index contributed by atoms with van der Waals surface area (Å²) in [5.41, 5.74) is 0.0679. The first-order chi connectivity index (χ1) is 10.3. The molecule has 7 nitrogen and oxygen atoms in total. The first kappa shape index (κ1) is 16.2. The number of hydrogen-bond donors (Lipinski definition) is 3. The summed E-state index contributed by atoms with van der Waals surface area (Å²) in [4.78, 5) is 27.2. The number of carbonyl (C=O) groups excluding carboxylic acids is 2. The topological polar surface area (TPSA) is 101 Å². The van der Waals surface area contributed by atoms with Crippen molar-refractivity contribution in [3.05, 3.63) is 17.7 Å². The van der Waals surface area contributed by atoms with E-state index in [4.69, 9.17) is 11.6 Å². The van der Waals surface area contributed by atoms with Gasteiger partial charge in [-0.3, -0.25) is 9.59 Å². The Bertz CT molecular complexity index is 574. The molecule has 2 rings (SSSR count). The Balaban J connectivity index is 2.05. The van der Waals surface area contributed by atoms with Gasteiger partial charge in [-0.25, -0.2) is 0 Å². The molecule has 2 amide bonds. The lowest BCUT2D eigenvalue weighted by molar-refractivity contribution is -0.131. The molecule has 22 heavy (non-hydrogen) atoms. The van der Waals surface area contributed by atoms with Gasteiger partial charge in [0.05, 0.1) is 0 Å². The van der Waals surface area contributed by atoms with E-state index in [9.17, 15) is 24.9 Å². The minimum Gasteiger partial charge on any atom is -0.504 e. The number of nitrogens with zero attached hydrogens (tertiary/aromatic N) is 2. The molecule has 0 bridgehead atoms. The molecular weight excluding hydrogens is 312 g/mol. The van der Waals surface area contributed by atoms with Crippen molar-refractivity contribution in [1.82, 2.24) is 9.80 Å². The Morgan fingerprint density at radius 2 is 1.50 bits per heavy atom. The number of phenolic OH excluding ortho intramolecular Hbond substituents is 3. The van der Waals surface area contributed by atoms with Crippen molar-refractivity contribution in [3.8, 4) is 17.2 Å². The molecule has 1 fully saturated rings. The lowest BCUT2D eigenvalue weighted by Gasteiger charge is -2.35. The van der Waals surface area contributed by atoms with E-state index in [2.05, 4.69) is 0 Å². The Morgan fingerprint density at radius 1 is 1.05 bits per heavy atom. The number of hydrogen-bond acceptors (Lipinski definition) is 5. The molecule has 1 unspecified atom stereocenters. The van der Waals surface area contributed by atoms with Crippen molar-refractivity contribution in [3.63, 3.8) is 0 Å². The van der Waals surface area contributed by atoms with E-state index in [0.29, 0.717) is 26.2 Å². The van der Waals surface area contributed by atoms with Gasteiger partial charge in [0.25, 0.3) is 5.91 Å². The smallest absolute Gasteiger partial charge is 0.254 e.